The van der Waals surface area contributed by atoms with Crippen LogP contribution in [0, 0.1) is 0 Å². The minimum atomic E-state index is -0.693. The molecule has 1 amide bonds. The number of nitrogens with one attached hydrogen (secondary N) is 1. The highest BCUT2D eigenvalue weighted by atomic mass is 16.6. The topological polar surface area (TPSA) is 109 Å². The van der Waals surface area contributed by atoms with Gasteiger partial charge in [0.1, 0.15) is 24.7 Å². The molecule has 0 aliphatic rings. The van der Waals surface area contributed by atoms with E-state index in [4.69, 9.17) is 23.7 Å². The van der Waals surface area contributed by atoms with Crippen molar-refractivity contribution in [1.82, 2.24) is 5.32 Å². The number of esters is 2. The molecule has 0 spiro atoms. The molecule has 1 N–H and O–H groups in total. The predicted octanol–water partition coefficient (Wildman–Crippen LogP) is 3.63. The molecule has 9 nitrogen and oxygen atoms in total. The van der Waals surface area contributed by atoms with Gasteiger partial charge < -0.3 is 29.0 Å². The summed E-state index contributed by atoms with van der Waals surface area (Å²) in [5, 5.41) is 2.61. The van der Waals surface area contributed by atoms with Gasteiger partial charge in [0.25, 0.3) is 0 Å². The van der Waals surface area contributed by atoms with Crippen LogP contribution in [-0.4, -0.2) is 57.1 Å². The molecule has 0 aliphatic carbocycles. The molecule has 9 heteroatoms. The molecule has 0 saturated heterocycles. The minimum absolute atomic E-state index is 0.0630. The highest BCUT2D eigenvalue weighted by Crippen LogP contribution is 2.15. The Morgan fingerprint density at radius 1 is 0.806 bits per heavy atom. The normalized spacial score (nSPS) is 10.9. The van der Waals surface area contributed by atoms with Crippen LogP contribution in [0.1, 0.15) is 12.0 Å². The summed E-state index contributed by atoms with van der Waals surface area (Å²) in [5.74, 6) is 0.243. The van der Waals surface area contributed by atoms with Gasteiger partial charge in [-0.2, -0.15) is 0 Å². The molecule has 0 heterocycles. The summed E-state index contributed by atoms with van der Waals surface area (Å²) in [6.45, 7) is 7.49. The molecule has 36 heavy (non-hydrogen) atoms. The largest absolute Gasteiger partial charge is 0.490 e. The zero-order chi connectivity index (χ0) is 26.0. The van der Waals surface area contributed by atoms with Crippen LogP contribution in [0.5, 0.6) is 11.5 Å². The number of carbonyl (C=O) groups is 3. The number of amides is 1. The monoisotopic (exact) mass is 497 g/mol. The van der Waals surface area contributed by atoms with Gasteiger partial charge in [0.05, 0.1) is 13.2 Å². The molecule has 0 saturated carbocycles. The first-order valence-corrected chi connectivity index (χ1v) is 11.4. The zero-order valence-electron chi connectivity index (χ0n) is 20.1. The maximum absolute atomic E-state index is 12.2. The Hall–Kier alpha value is -4.27. The number of hydrogen-bond donors (Lipinski definition) is 1. The average Bonchev–Trinajstić information content (AvgIpc) is 2.91. The van der Waals surface area contributed by atoms with Crippen LogP contribution in [0.25, 0.3) is 0 Å². The second kappa shape index (κ2) is 16.4. The van der Waals surface area contributed by atoms with Crippen molar-refractivity contribution < 1.29 is 38.1 Å². The van der Waals surface area contributed by atoms with Gasteiger partial charge in [-0.15, -0.1) is 0 Å². The van der Waals surface area contributed by atoms with E-state index >= 15 is 0 Å². The van der Waals surface area contributed by atoms with Crippen molar-refractivity contribution in [1.29, 1.82) is 0 Å². The zero-order valence-corrected chi connectivity index (χ0v) is 20.1. The standard InChI is InChI=1S/C27H31NO8/c1-3-25(29)32-17-8-16-28-27(31)36-24(19-34-22-9-6-5-7-10-22)20-35-23-13-11-21(12-14-23)15-18-33-26(30)4-2/h3-7,9-14,24H,1-2,8,15-20H2,(H,28,31). The molecule has 1 atom stereocenters. The number of ether oxygens (including phenoxy) is 5. The highest BCUT2D eigenvalue weighted by molar-refractivity contribution is 5.81. The van der Waals surface area contributed by atoms with Crippen LogP contribution < -0.4 is 14.8 Å². The van der Waals surface area contributed by atoms with E-state index in [1.807, 2.05) is 30.3 Å². The molecule has 0 aliphatic heterocycles. The van der Waals surface area contributed by atoms with Gasteiger partial charge in [-0.05, 0) is 36.2 Å². The van der Waals surface area contributed by atoms with Crippen LogP contribution >= 0.6 is 0 Å². The first-order chi connectivity index (χ1) is 17.5. The molecule has 0 bridgehead atoms. The molecule has 1 unspecified atom stereocenters. The van der Waals surface area contributed by atoms with E-state index < -0.39 is 24.1 Å². The second-order valence-electron chi connectivity index (χ2n) is 7.38. The summed E-state index contributed by atoms with van der Waals surface area (Å²) in [7, 11) is 0. The van der Waals surface area contributed by atoms with Gasteiger partial charge in [-0.1, -0.05) is 43.5 Å². The van der Waals surface area contributed by atoms with Crippen molar-refractivity contribution in [3.8, 4) is 11.5 Å². The molecule has 0 fully saturated rings. The van der Waals surface area contributed by atoms with E-state index in [9.17, 15) is 14.4 Å². The summed E-state index contributed by atoms with van der Waals surface area (Å²) >= 11 is 0. The van der Waals surface area contributed by atoms with Gasteiger partial charge in [-0.25, -0.2) is 14.4 Å². The highest BCUT2D eigenvalue weighted by Gasteiger charge is 2.17. The molecule has 2 rings (SSSR count). The summed E-state index contributed by atoms with van der Waals surface area (Å²) in [4.78, 5) is 34.4. The molecular weight excluding hydrogens is 466 g/mol. The van der Waals surface area contributed by atoms with Gasteiger partial charge >= 0.3 is 18.0 Å². The van der Waals surface area contributed by atoms with Crippen molar-refractivity contribution >= 4 is 18.0 Å². The van der Waals surface area contributed by atoms with Crippen LogP contribution in [0.15, 0.2) is 79.9 Å². The number of hydrogen-bond acceptors (Lipinski definition) is 8. The summed E-state index contributed by atoms with van der Waals surface area (Å²) in [5.41, 5.74) is 0.970. The van der Waals surface area contributed by atoms with Crippen LogP contribution in [-0.2, 0) is 30.2 Å². The van der Waals surface area contributed by atoms with Gasteiger partial charge in [-0.3, -0.25) is 0 Å². The van der Waals surface area contributed by atoms with Gasteiger partial charge in [0, 0.05) is 25.1 Å². The van der Waals surface area contributed by atoms with E-state index in [2.05, 4.69) is 18.5 Å². The fourth-order valence-electron chi connectivity index (χ4n) is 2.78. The quantitative estimate of drug-likeness (QED) is 0.162. The lowest BCUT2D eigenvalue weighted by molar-refractivity contribution is -0.138. The third-order valence-corrected chi connectivity index (χ3v) is 4.62. The van der Waals surface area contributed by atoms with Crippen molar-refractivity contribution in [3.63, 3.8) is 0 Å². The molecule has 0 aromatic heterocycles. The Labute approximate surface area is 210 Å². The molecule has 2 aromatic rings. The van der Waals surface area contributed by atoms with Crippen molar-refractivity contribution in [2.24, 2.45) is 0 Å². The number of carbonyl (C=O) groups excluding carboxylic acids is 3. The molecule has 2 aromatic carbocycles. The number of rotatable bonds is 16. The van der Waals surface area contributed by atoms with Crippen LogP contribution in [0.2, 0.25) is 0 Å². The summed E-state index contributed by atoms with van der Waals surface area (Å²) in [6.07, 6.45) is 1.85. The maximum atomic E-state index is 12.2. The Morgan fingerprint density at radius 2 is 1.39 bits per heavy atom. The molecule has 192 valence electrons. The SMILES string of the molecule is C=CC(=O)OCCCNC(=O)OC(COc1ccccc1)COc1ccc(CCOC(=O)C=C)cc1. The van der Waals surface area contributed by atoms with E-state index in [0.717, 1.165) is 17.7 Å². The van der Waals surface area contributed by atoms with Gasteiger partial charge in [0.2, 0.25) is 0 Å². The van der Waals surface area contributed by atoms with Crippen molar-refractivity contribution in [2.45, 2.75) is 18.9 Å². The Balaban J connectivity index is 1.83. The van der Waals surface area contributed by atoms with Crippen molar-refractivity contribution in [2.75, 3.05) is 33.0 Å². The fourth-order valence-corrected chi connectivity index (χ4v) is 2.78. The minimum Gasteiger partial charge on any atom is -0.490 e. The van der Waals surface area contributed by atoms with E-state index in [1.165, 1.54) is 0 Å². The Morgan fingerprint density at radius 3 is 2.00 bits per heavy atom. The third kappa shape index (κ3) is 11.7. The smallest absolute Gasteiger partial charge is 0.407 e. The van der Waals surface area contributed by atoms with Crippen LogP contribution in [0.3, 0.4) is 0 Å². The maximum Gasteiger partial charge on any atom is 0.407 e. The van der Waals surface area contributed by atoms with E-state index in [-0.39, 0.29) is 33.0 Å². The number of benzene rings is 2. The summed E-state index contributed by atoms with van der Waals surface area (Å²) < 4.78 is 26.8. The molecular formula is C27H31NO8. The lowest BCUT2D eigenvalue weighted by Crippen LogP contribution is -2.36. The molecule has 0 radical (unpaired) electrons. The number of para-hydroxylation sites is 1. The second-order valence-corrected chi connectivity index (χ2v) is 7.38. The van der Waals surface area contributed by atoms with Gasteiger partial charge in [0.15, 0.2) is 6.10 Å². The van der Waals surface area contributed by atoms with E-state index in [1.54, 1.807) is 24.3 Å². The lowest BCUT2D eigenvalue weighted by Gasteiger charge is -2.19. The Kier molecular flexibility index (Phi) is 12.7. The lowest BCUT2D eigenvalue weighted by atomic mass is 10.1. The predicted molar refractivity (Wildman–Crippen MR) is 133 cm³/mol. The average molecular weight is 498 g/mol. The van der Waals surface area contributed by atoms with Crippen molar-refractivity contribution in [3.05, 3.63) is 85.5 Å². The third-order valence-electron chi connectivity index (χ3n) is 4.62. The number of alkyl carbamates (subject to hydrolysis) is 1. The first-order valence-electron chi connectivity index (χ1n) is 11.4. The summed E-state index contributed by atoms with van der Waals surface area (Å²) in [6, 6.07) is 16.4. The van der Waals surface area contributed by atoms with E-state index in [0.29, 0.717) is 24.3 Å². The fraction of sp³-hybridized carbons (Fsp3) is 0.296. The first kappa shape index (κ1) is 28.0. The van der Waals surface area contributed by atoms with Crippen LogP contribution in [0.4, 0.5) is 4.79 Å². The Bertz CT molecular complexity index is 975.